The van der Waals surface area contributed by atoms with Crippen LogP contribution in [-0.4, -0.2) is 35.5 Å². The van der Waals surface area contributed by atoms with Crippen LogP contribution < -0.4 is 0 Å². The molecule has 0 aromatic rings. The second-order valence-corrected chi connectivity index (χ2v) is 7.81. The average molecular weight is 360 g/mol. The standard InChI is InChI=1S/C20H24O6/c1-10(2)6-17(22)24-15-9-20(5)16(21)8-13(26-20)11(3)7-14-18(15)12(4)19(23)25-14/h7-8,10,14-15,18H,4,6,9H2,1-3,5H3/b11-7-/t14-,15-,18+,20+/m1/s1. The van der Waals surface area contributed by atoms with Gasteiger partial charge in [0.2, 0.25) is 5.78 Å². The van der Waals surface area contributed by atoms with Crippen molar-refractivity contribution in [1.29, 1.82) is 0 Å². The van der Waals surface area contributed by atoms with Crippen LogP contribution in [0, 0.1) is 11.8 Å². The first kappa shape index (κ1) is 18.4. The molecule has 6 nitrogen and oxygen atoms in total. The molecule has 1 saturated heterocycles. The number of allylic oxidation sites excluding steroid dienone is 1. The number of carbonyl (C=O) groups is 3. The third-order valence-corrected chi connectivity index (χ3v) is 5.03. The molecule has 3 rings (SSSR count). The molecule has 0 N–H and O–H groups in total. The predicted molar refractivity (Wildman–Crippen MR) is 92.8 cm³/mol. The van der Waals surface area contributed by atoms with Crippen LogP contribution in [0.25, 0.3) is 0 Å². The molecule has 6 heteroatoms. The van der Waals surface area contributed by atoms with Crippen LogP contribution in [0.3, 0.4) is 0 Å². The van der Waals surface area contributed by atoms with Crippen molar-refractivity contribution < 1.29 is 28.6 Å². The fourth-order valence-corrected chi connectivity index (χ4v) is 3.62. The van der Waals surface area contributed by atoms with Gasteiger partial charge >= 0.3 is 11.9 Å². The smallest absolute Gasteiger partial charge is 0.334 e. The molecule has 0 radical (unpaired) electrons. The fourth-order valence-electron chi connectivity index (χ4n) is 3.62. The Morgan fingerprint density at radius 3 is 2.77 bits per heavy atom. The minimum atomic E-state index is -1.14. The van der Waals surface area contributed by atoms with E-state index >= 15 is 0 Å². The lowest BCUT2D eigenvalue weighted by Crippen LogP contribution is -2.42. The van der Waals surface area contributed by atoms with Crippen LogP contribution >= 0.6 is 0 Å². The first-order chi connectivity index (χ1) is 12.1. The number of esters is 2. The topological polar surface area (TPSA) is 78.9 Å². The first-order valence-corrected chi connectivity index (χ1v) is 8.84. The lowest BCUT2D eigenvalue weighted by atomic mass is 9.82. The van der Waals surface area contributed by atoms with Gasteiger partial charge in [0.25, 0.3) is 0 Å². The van der Waals surface area contributed by atoms with E-state index in [1.54, 1.807) is 19.9 Å². The minimum Gasteiger partial charge on any atom is -0.479 e. The van der Waals surface area contributed by atoms with Gasteiger partial charge in [-0.05, 0) is 31.4 Å². The highest BCUT2D eigenvalue weighted by atomic mass is 16.6. The summed E-state index contributed by atoms with van der Waals surface area (Å²) in [5.41, 5.74) is -0.188. The van der Waals surface area contributed by atoms with Gasteiger partial charge < -0.3 is 14.2 Å². The molecule has 0 aromatic heterocycles. The fraction of sp³-hybridized carbons (Fsp3) is 0.550. The van der Waals surface area contributed by atoms with Crippen molar-refractivity contribution in [2.24, 2.45) is 11.8 Å². The van der Waals surface area contributed by atoms with Gasteiger partial charge in [0.1, 0.15) is 18.0 Å². The number of carbonyl (C=O) groups excluding carboxylic acids is 3. The van der Waals surface area contributed by atoms with E-state index in [2.05, 4.69) is 6.58 Å². The van der Waals surface area contributed by atoms with E-state index in [9.17, 15) is 14.4 Å². The van der Waals surface area contributed by atoms with Gasteiger partial charge in [-0.2, -0.15) is 0 Å². The van der Waals surface area contributed by atoms with Crippen LogP contribution in [0.1, 0.15) is 40.5 Å². The Labute approximate surface area is 152 Å². The monoisotopic (exact) mass is 360 g/mol. The molecule has 0 saturated carbocycles. The molecule has 3 heterocycles. The molecule has 0 aliphatic carbocycles. The van der Waals surface area contributed by atoms with Crippen LogP contribution in [0.2, 0.25) is 0 Å². The summed E-state index contributed by atoms with van der Waals surface area (Å²) in [6.07, 6.45) is 2.22. The minimum absolute atomic E-state index is 0.133. The van der Waals surface area contributed by atoms with E-state index < -0.39 is 29.7 Å². The number of ether oxygens (including phenoxy) is 3. The molecule has 1 fully saturated rings. The van der Waals surface area contributed by atoms with Crippen molar-refractivity contribution >= 4 is 17.7 Å². The SMILES string of the molecule is C=C1C(=O)O[C@@H]2/C=C(/C)C3=CC(=O)[C@](C)(C[C@@H](OC(=O)CC(C)C)[C@@H]12)O3. The number of hydrogen-bond acceptors (Lipinski definition) is 6. The van der Waals surface area contributed by atoms with Gasteiger partial charge in [-0.1, -0.05) is 20.4 Å². The molecule has 140 valence electrons. The summed E-state index contributed by atoms with van der Waals surface area (Å²) in [5, 5.41) is 0. The molecular weight excluding hydrogens is 336 g/mol. The lowest BCUT2D eigenvalue weighted by Gasteiger charge is -2.31. The van der Waals surface area contributed by atoms with E-state index in [1.807, 2.05) is 13.8 Å². The molecule has 0 aromatic carbocycles. The zero-order chi connectivity index (χ0) is 19.2. The normalized spacial score (nSPS) is 35.4. The van der Waals surface area contributed by atoms with Crippen molar-refractivity contribution in [3.05, 3.63) is 35.6 Å². The van der Waals surface area contributed by atoms with E-state index in [0.29, 0.717) is 11.3 Å². The summed E-state index contributed by atoms with van der Waals surface area (Å²) in [4.78, 5) is 36.9. The van der Waals surface area contributed by atoms with Gasteiger partial charge in [0, 0.05) is 24.5 Å². The molecule has 2 bridgehead atoms. The molecule has 0 amide bonds. The predicted octanol–water partition coefficient (Wildman–Crippen LogP) is 2.63. The average Bonchev–Trinajstić information content (AvgIpc) is 2.95. The molecule has 3 aliphatic rings. The quantitative estimate of drug-likeness (QED) is 0.569. The van der Waals surface area contributed by atoms with Crippen molar-refractivity contribution in [2.45, 2.75) is 58.3 Å². The van der Waals surface area contributed by atoms with Crippen LogP contribution in [-0.2, 0) is 28.6 Å². The number of hydrogen-bond donors (Lipinski definition) is 0. The first-order valence-electron chi connectivity index (χ1n) is 8.84. The largest absolute Gasteiger partial charge is 0.479 e. The summed E-state index contributed by atoms with van der Waals surface area (Å²) < 4.78 is 17.0. The van der Waals surface area contributed by atoms with Gasteiger partial charge in [-0.25, -0.2) is 4.79 Å². The van der Waals surface area contributed by atoms with Crippen LogP contribution in [0.15, 0.2) is 35.6 Å². The third kappa shape index (κ3) is 3.20. The molecule has 0 unspecified atom stereocenters. The van der Waals surface area contributed by atoms with Crippen molar-refractivity contribution in [2.75, 3.05) is 0 Å². The second-order valence-electron chi connectivity index (χ2n) is 7.81. The molecule has 0 spiro atoms. The van der Waals surface area contributed by atoms with Gasteiger partial charge in [-0.3, -0.25) is 9.59 Å². The molecule has 4 atom stereocenters. The Balaban J connectivity index is 2.00. The van der Waals surface area contributed by atoms with Crippen molar-refractivity contribution in [1.82, 2.24) is 0 Å². The Kier molecular flexibility index (Phi) is 4.54. The Bertz CT molecular complexity index is 743. The Morgan fingerprint density at radius 1 is 1.42 bits per heavy atom. The van der Waals surface area contributed by atoms with E-state index in [0.717, 1.165) is 0 Å². The number of ketones is 1. The molecule has 26 heavy (non-hydrogen) atoms. The maximum Gasteiger partial charge on any atom is 0.334 e. The second kappa shape index (κ2) is 6.41. The van der Waals surface area contributed by atoms with Crippen LogP contribution in [0.4, 0.5) is 0 Å². The summed E-state index contributed by atoms with van der Waals surface area (Å²) in [6.45, 7) is 11.1. The molecular formula is C20H24O6. The lowest BCUT2D eigenvalue weighted by molar-refractivity contribution is -0.158. The van der Waals surface area contributed by atoms with E-state index in [1.165, 1.54) is 6.08 Å². The maximum atomic E-state index is 12.5. The van der Waals surface area contributed by atoms with E-state index in [4.69, 9.17) is 14.2 Å². The Morgan fingerprint density at radius 2 is 2.12 bits per heavy atom. The van der Waals surface area contributed by atoms with E-state index in [-0.39, 0.29) is 36.1 Å². The van der Waals surface area contributed by atoms with Gasteiger partial charge in [0.15, 0.2) is 5.60 Å². The third-order valence-electron chi connectivity index (χ3n) is 5.03. The highest BCUT2D eigenvalue weighted by Crippen LogP contribution is 2.42. The highest BCUT2D eigenvalue weighted by Gasteiger charge is 2.51. The van der Waals surface area contributed by atoms with Crippen LogP contribution in [0.5, 0.6) is 0 Å². The highest BCUT2D eigenvalue weighted by molar-refractivity contribution is 6.00. The zero-order valence-electron chi connectivity index (χ0n) is 15.5. The summed E-state index contributed by atoms with van der Waals surface area (Å²) in [7, 11) is 0. The van der Waals surface area contributed by atoms with Crippen molar-refractivity contribution in [3.8, 4) is 0 Å². The van der Waals surface area contributed by atoms with Crippen molar-refractivity contribution in [3.63, 3.8) is 0 Å². The number of rotatable bonds is 3. The zero-order valence-corrected chi connectivity index (χ0v) is 15.5. The molecule has 3 aliphatic heterocycles. The number of fused-ring (bicyclic) bond motifs is 3. The van der Waals surface area contributed by atoms with Gasteiger partial charge in [-0.15, -0.1) is 0 Å². The summed E-state index contributed by atoms with van der Waals surface area (Å²) in [6, 6.07) is 0. The Hall–Kier alpha value is -2.37. The summed E-state index contributed by atoms with van der Waals surface area (Å²) >= 11 is 0. The van der Waals surface area contributed by atoms with Gasteiger partial charge in [0.05, 0.1) is 5.92 Å². The maximum absolute atomic E-state index is 12.5. The summed E-state index contributed by atoms with van der Waals surface area (Å²) in [5.74, 6) is -1.01.